The van der Waals surface area contributed by atoms with E-state index in [0.29, 0.717) is 0 Å². The lowest BCUT2D eigenvalue weighted by Crippen LogP contribution is -2.03. The lowest BCUT2D eigenvalue weighted by Gasteiger charge is -2.05. The molecule has 0 aromatic carbocycles. The van der Waals surface area contributed by atoms with E-state index in [1.54, 1.807) is 10.9 Å². The largest absolute Gasteiger partial charge is 0.373 e. The van der Waals surface area contributed by atoms with Crippen molar-refractivity contribution in [1.82, 2.24) is 19.7 Å². The molecule has 0 amide bonds. The second-order valence-corrected chi connectivity index (χ2v) is 4.97. The Kier molecular flexibility index (Phi) is 3.64. The number of rotatable bonds is 3. The highest BCUT2D eigenvalue weighted by Gasteiger charge is 2.05. The maximum Gasteiger partial charge on any atom is 0.191 e. The summed E-state index contributed by atoms with van der Waals surface area (Å²) in [5, 5.41) is 7.96. The van der Waals surface area contributed by atoms with Gasteiger partial charge in [-0.15, -0.1) is 0 Å². The van der Waals surface area contributed by atoms with E-state index in [2.05, 4.69) is 43.0 Å². The smallest absolute Gasteiger partial charge is 0.191 e. The molecule has 2 aromatic heterocycles. The van der Waals surface area contributed by atoms with Gasteiger partial charge in [0.15, 0.2) is 11.0 Å². The highest BCUT2D eigenvalue weighted by molar-refractivity contribution is 14.1. The molecule has 2 heterocycles. The van der Waals surface area contributed by atoms with Crippen LogP contribution in [0.2, 0.25) is 0 Å². The van der Waals surface area contributed by atoms with Crippen LogP contribution in [0.4, 0.5) is 5.82 Å². The minimum atomic E-state index is 0.729. The van der Waals surface area contributed by atoms with Crippen LogP contribution >= 0.6 is 34.4 Å². The quantitative estimate of drug-likeness (QED) is 0.523. The van der Waals surface area contributed by atoms with Crippen LogP contribution in [-0.2, 0) is 0 Å². The van der Waals surface area contributed by atoms with E-state index in [-0.39, 0.29) is 0 Å². The molecule has 0 radical (unpaired) electrons. The Balaban J connectivity index is 2.47. The van der Waals surface area contributed by atoms with Gasteiger partial charge < -0.3 is 5.32 Å². The zero-order valence-corrected chi connectivity index (χ0v) is 11.8. The maximum atomic E-state index is 4.39. The molecular formula is C9H10IN5S. The molecule has 84 valence electrons. The minimum absolute atomic E-state index is 0.729. The van der Waals surface area contributed by atoms with E-state index in [4.69, 9.17) is 0 Å². The Morgan fingerprint density at radius 1 is 1.44 bits per heavy atom. The minimum Gasteiger partial charge on any atom is -0.373 e. The summed E-state index contributed by atoms with van der Waals surface area (Å²) in [6.07, 6.45) is 5.66. The first kappa shape index (κ1) is 11.6. The van der Waals surface area contributed by atoms with Gasteiger partial charge in [-0.05, 0) is 28.8 Å². The van der Waals surface area contributed by atoms with Gasteiger partial charge >= 0.3 is 0 Å². The van der Waals surface area contributed by atoms with Crippen molar-refractivity contribution in [3.8, 4) is 5.82 Å². The molecule has 0 saturated carbocycles. The first-order valence-electron chi connectivity index (χ1n) is 4.54. The van der Waals surface area contributed by atoms with Crippen LogP contribution in [0.5, 0.6) is 0 Å². The van der Waals surface area contributed by atoms with Gasteiger partial charge in [0.1, 0.15) is 5.82 Å². The number of aromatic nitrogens is 4. The molecule has 0 spiro atoms. The first-order chi connectivity index (χ1) is 7.72. The Morgan fingerprint density at radius 3 is 2.81 bits per heavy atom. The van der Waals surface area contributed by atoms with Crippen LogP contribution in [0.25, 0.3) is 5.82 Å². The molecule has 0 fully saturated rings. The fraction of sp³-hybridized carbons (Fsp3) is 0.222. The van der Waals surface area contributed by atoms with Gasteiger partial charge in [-0.25, -0.2) is 14.6 Å². The molecule has 2 aromatic rings. The number of anilines is 1. The Hall–Kier alpha value is -0.830. The summed E-state index contributed by atoms with van der Waals surface area (Å²) < 4.78 is 2.82. The summed E-state index contributed by atoms with van der Waals surface area (Å²) >= 11 is 3.72. The first-order valence-corrected chi connectivity index (χ1v) is 6.84. The van der Waals surface area contributed by atoms with Crippen molar-refractivity contribution in [2.75, 3.05) is 18.6 Å². The van der Waals surface area contributed by atoms with Crippen molar-refractivity contribution in [3.05, 3.63) is 22.0 Å². The fourth-order valence-electron chi connectivity index (χ4n) is 1.18. The standard InChI is InChI=1S/C9H10IN5S/c1-11-7-3-8(14-9(13-7)16-2)15-5-6(10)4-12-15/h3-5H,1-2H3,(H,11,13,14). The predicted octanol–water partition coefficient (Wildman–Crippen LogP) is 2.03. The second kappa shape index (κ2) is 5.00. The van der Waals surface area contributed by atoms with Crippen LogP contribution in [0.15, 0.2) is 23.6 Å². The zero-order valence-electron chi connectivity index (χ0n) is 8.81. The predicted molar refractivity (Wildman–Crippen MR) is 73.2 cm³/mol. The van der Waals surface area contributed by atoms with E-state index in [1.165, 1.54) is 11.8 Å². The molecule has 0 aliphatic heterocycles. The zero-order chi connectivity index (χ0) is 11.5. The molecule has 7 heteroatoms. The summed E-state index contributed by atoms with van der Waals surface area (Å²) in [7, 11) is 1.84. The van der Waals surface area contributed by atoms with Crippen LogP contribution in [-0.4, -0.2) is 33.1 Å². The van der Waals surface area contributed by atoms with Crippen molar-refractivity contribution in [2.24, 2.45) is 0 Å². The van der Waals surface area contributed by atoms with Gasteiger partial charge in [0.05, 0.1) is 9.77 Å². The molecule has 0 unspecified atom stereocenters. The van der Waals surface area contributed by atoms with Crippen molar-refractivity contribution in [1.29, 1.82) is 0 Å². The molecule has 5 nitrogen and oxygen atoms in total. The van der Waals surface area contributed by atoms with Gasteiger partial charge in [-0.3, -0.25) is 0 Å². The number of nitrogens with zero attached hydrogens (tertiary/aromatic N) is 4. The number of hydrogen-bond acceptors (Lipinski definition) is 5. The molecule has 0 atom stereocenters. The molecule has 1 N–H and O–H groups in total. The van der Waals surface area contributed by atoms with Crippen molar-refractivity contribution in [3.63, 3.8) is 0 Å². The molecule has 0 aliphatic rings. The number of thioether (sulfide) groups is 1. The summed E-state index contributed by atoms with van der Waals surface area (Å²) in [6, 6.07) is 1.86. The maximum absolute atomic E-state index is 4.39. The average molecular weight is 347 g/mol. The third-order valence-electron chi connectivity index (χ3n) is 1.92. The van der Waals surface area contributed by atoms with Gasteiger partial charge in [0.25, 0.3) is 0 Å². The summed E-state index contributed by atoms with van der Waals surface area (Å²) in [5.74, 6) is 1.56. The average Bonchev–Trinajstić information content (AvgIpc) is 2.75. The highest BCUT2D eigenvalue weighted by Crippen LogP contribution is 2.16. The third-order valence-corrected chi connectivity index (χ3v) is 3.02. The van der Waals surface area contributed by atoms with E-state index in [1.807, 2.05) is 25.6 Å². The van der Waals surface area contributed by atoms with Crippen molar-refractivity contribution >= 4 is 40.2 Å². The number of nitrogens with one attached hydrogen (secondary N) is 1. The van der Waals surface area contributed by atoms with Gasteiger partial charge in [0, 0.05) is 19.3 Å². The van der Waals surface area contributed by atoms with Crippen molar-refractivity contribution < 1.29 is 0 Å². The Morgan fingerprint density at radius 2 is 2.25 bits per heavy atom. The SMILES string of the molecule is CNc1cc(-n2cc(I)cn2)nc(SC)n1. The molecular weight excluding hydrogens is 337 g/mol. The second-order valence-electron chi connectivity index (χ2n) is 2.95. The highest BCUT2D eigenvalue weighted by atomic mass is 127. The third kappa shape index (κ3) is 2.46. The lowest BCUT2D eigenvalue weighted by atomic mass is 10.5. The fourth-order valence-corrected chi connectivity index (χ4v) is 1.94. The number of halogens is 1. The summed E-state index contributed by atoms with van der Waals surface area (Å²) in [4.78, 5) is 8.69. The van der Waals surface area contributed by atoms with Gasteiger partial charge in [0.2, 0.25) is 0 Å². The molecule has 0 saturated heterocycles. The van der Waals surface area contributed by atoms with Gasteiger partial charge in [-0.1, -0.05) is 11.8 Å². The summed E-state index contributed by atoms with van der Waals surface area (Å²) in [6.45, 7) is 0. The van der Waals surface area contributed by atoms with E-state index in [9.17, 15) is 0 Å². The van der Waals surface area contributed by atoms with Gasteiger partial charge in [-0.2, -0.15) is 5.10 Å². The van der Waals surface area contributed by atoms with Crippen LogP contribution in [0, 0.1) is 3.57 Å². The summed E-state index contributed by atoms with van der Waals surface area (Å²) in [5.41, 5.74) is 0. The van der Waals surface area contributed by atoms with Crippen LogP contribution in [0.1, 0.15) is 0 Å². The van der Waals surface area contributed by atoms with E-state index >= 15 is 0 Å². The van der Waals surface area contributed by atoms with E-state index in [0.717, 1.165) is 20.4 Å². The normalized spacial score (nSPS) is 10.4. The molecule has 16 heavy (non-hydrogen) atoms. The Labute approximate surface area is 111 Å². The monoisotopic (exact) mass is 347 g/mol. The molecule has 0 bridgehead atoms. The lowest BCUT2D eigenvalue weighted by molar-refractivity contribution is 0.809. The number of hydrogen-bond donors (Lipinski definition) is 1. The molecule has 0 aliphatic carbocycles. The Bertz CT molecular complexity index is 476. The topological polar surface area (TPSA) is 55.6 Å². The van der Waals surface area contributed by atoms with E-state index < -0.39 is 0 Å². The molecule has 2 rings (SSSR count). The van der Waals surface area contributed by atoms with Crippen LogP contribution < -0.4 is 5.32 Å². The van der Waals surface area contributed by atoms with Crippen LogP contribution in [0.3, 0.4) is 0 Å². The van der Waals surface area contributed by atoms with Crippen molar-refractivity contribution in [2.45, 2.75) is 5.16 Å².